The minimum atomic E-state index is -0.772. The van der Waals surface area contributed by atoms with Gasteiger partial charge in [-0.05, 0) is 55.7 Å². The van der Waals surface area contributed by atoms with E-state index in [1.165, 1.54) is 12.5 Å². The first-order chi connectivity index (χ1) is 14.6. The molecule has 1 heterocycles. The zero-order chi connectivity index (χ0) is 21.3. The van der Waals surface area contributed by atoms with Gasteiger partial charge in [0.1, 0.15) is 17.6 Å². The summed E-state index contributed by atoms with van der Waals surface area (Å²) in [6.07, 6.45) is 10.1. The molecule has 1 aliphatic rings. The fourth-order valence-electron chi connectivity index (χ4n) is 3.89. The Bertz CT molecular complexity index is 837. The van der Waals surface area contributed by atoms with Crippen molar-refractivity contribution in [1.82, 2.24) is 10.2 Å². The topological polar surface area (TPSA) is 71.8 Å². The van der Waals surface area contributed by atoms with Crippen LogP contribution in [0, 0.1) is 0 Å². The van der Waals surface area contributed by atoms with E-state index in [9.17, 15) is 9.59 Å². The Labute approximate surface area is 177 Å². The Hall–Kier alpha value is -3.02. The molecular weight excluding hydrogens is 380 g/mol. The fourth-order valence-corrected chi connectivity index (χ4v) is 3.89. The molecule has 0 radical (unpaired) electrons. The van der Waals surface area contributed by atoms with Gasteiger partial charge >= 0.3 is 0 Å². The number of amides is 2. The van der Waals surface area contributed by atoms with Gasteiger partial charge in [0, 0.05) is 6.04 Å². The highest BCUT2D eigenvalue weighted by atomic mass is 16.5. The maximum atomic E-state index is 13.5. The molecule has 1 N–H and O–H groups in total. The van der Waals surface area contributed by atoms with Crippen molar-refractivity contribution >= 4 is 11.8 Å². The molecule has 6 heteroatoms. The smallest absolute Gasteiger partial charge is 0.247 e. The van der Waals surface area contributed by atoms with Gasteiger partial charge in [-0.3, -0.25) is 9.59 Å². The van der Waals surface area contributed by atoms with E-state index < -0.39 is 6.04 Å². The number of rotatable bonds is 8. The second-order valence-corrected chi connectivity index (χ2v) is 7.56. The van der Waals surface area contributed by atoms with Gasteiger partial charge in [0.25, 0.3) is 0 Å². The Balaban J connectivity index is 1.94. The van der Waals surface area contributed by atoms with Crippen molar-refractivity contribution in [3.63, 3.8) is 0 Å². The highest BCUT2D eigenvalue weighted by molar-refractivity contribution is 5.93. The molecular formula is C24H30N2O4. The standard InChI is InChI=1S/C24H30N2O4/c1-3-8-22(27)26(17-21-11-7-16-30-21)23(18-12-14-20(29-2)15-13-18)24(28)25-19-9-5-4-6-10-19/h3,7-8,11-16,19,23H,4-6,9-10,17H2,1-2H3,(H,25,28). The van der Waals surface area contributed by atoms with Gasteiger partial charge in [0.15, 0.2) is 0 Å². The Morgan fingerprint density at radius 2 is 1.93 bits per heavy atom. The van der Waals surface area contributed by atoms with Crippen molar-refractivity contribution in [1.29, 1.82) is 0 Å². The minimum Gasteiger partial charge on any atom is -0.497 e. The third-order valence-corrected chi connectivity index (χ3v) is 5.44. The minimum absolute atomic E-state index is 0.147. The summed E-state index contributed by atoms with van der Waals surface area (Å²) < 4.78 is 10.7. The Morgan fingerprint density at radius 3 is 2.53 bits per heavy atom. The molecule has 2 aromatic rings. The Kier molecular flexibility index (Phi) is 7.71. The van der Waals surface area contributed by atoms with Crippen LogP contribution >= 0.6 is 0 Å². The predicted octanol–water partition coefficient (Wildman–Crippen LogP) is 4.38. The molecule has 2 amide bonds. The number of nitrogens with zero attached hydrogens (tertiary/aromatic N) is 1. The summed E-state index contributed by atoms with van der Waals surface area (Å²) in [5, 5.41) is 3.18. The van der Waals surface area contributed by atoms with Gasteiger partial charge < -0.3 is 19.4 Å². The van der Waals surface area contributed by atoms with E-state index in [0.29, 0.717) is 11.5 Å². The number of methoxy groups -OCH3 is 1. The highest BCUT2D eigenvalue weighted by Gasteiger charge is 2.32. The van der Waals surface area contributed by atoms with Crippen LogP contribution in [0.15, 0.2) is 59.2 Å². The average Bonchev–Trinajstić information content (AvgIpc) is 3.28. The zero-order valence-corrected chi connectivity index (χ0v) is 17.7. The van der Waals surface area contributed by atoms with Crippen LogP contribution < -0.4 is 10.1 Å². The summed E-state index contributed by atoms with van der Waals surface area (Å²) in [5.74, 6) is 0.907. The molecule has 1 fully saturated rings. The molecule has 1 aromatic heterocycles. The summed E-state index contributed by atoms with van der Waals surface area (Å²) >= 11 is 0. The molecule has 1 aliphatic carbocycles. The van der Waals surface area contributed by atoms with Crippen LogP contribution in [0.5, 0.6) is 5.75 Å². The number of carbonyl (C=O) groups excluding carboxylic acids is 2. The summed E-state index contributed by atoms with van der Waals surface area (Å²) in [6.45, 7) is 1.98. The third-order valence-electron chi connectivity index (χ3n) is 5.44. The predicted molar refractivity (Wildman–Crippen MR) is 115 cm³/mol. The van der Waals surface area contributed by atoms with E-state index in [-0.39, 0.29) is 24.4 Å². The van der Waals surface area contributed by atoms with E-state index in [1.807, 2.05) is 12.1 Å². The van der Waals surface area contributed by atoms with Crippen molar-refractivity contribution in [2.75, 3.05) is 7.11 Å². The van der Waals surface area contributed by atoms with Crippen LogP contribution in [0.2, 0.25) is 0 Å². The third kappa shape index (κ3) is 5.53. The van der Waals surface area contributed by atoms with Gasteiger partial charge in [0.2, 0.25) is 11.8 Å². The number of furan rings is 1. The quantitative estimate of drug-likeness (QED) is 0.656. The first kappa shape index (κ1) is 21.7. The number of nitrogens with one attached hydrogen (secondary N) is 1. The van der Waals surface area contributed by atoms with E-state index in [2.05, 4.69) is 5.32 Å². The molecule has 1 aromatic carbocycles. The van der Waals surface area contributed by atoms with Crippen LogP contribution in [0.25, 0.3) is 0 Å². The molecule has 30 heavy (non-hydrogen) atoms. The molecule has 6 nitrogen and oxygen atoms in total. The van der Waals surface area contributed by atoms with Crippen LogP contribution in [0.4, 0.5) is 0 Å². The van der Waals surface area contributed by atoms with Gasteiger partial charge in [-0.1, -0.05) is 37.5 Å². The molecule has 0 spiro atoms. The summed E-state index contributed by atoms with van der Waals surface area (Å²) in [4.78, 5) is 28.0. The summed E-state index contributed by atoms with van der Waals surface area (Å²) in [5.41, 5.74) is 0.730. The van der Waals surface area contributed by atoms with E-state index in [4.69, 9.17) is 9.15 Å². The fraction of sp³-hybridized carbons (Fsp3) is 0.417. The van der Waals surface area contributed by atoms with E-state index >= 15 is 0 Å². The van der Waals surface area contributed by atoms with Crippen molar-refractivity contribution in [3.8, 4) is 5.75 Å². The lowest BCUT2D eigenvalue weighted by Crippen LogP contribution is -2.46. The number of carbonyl (C=O) groups is 2. The lowest BCUT2D eigenvalue weighted by atomic mass is 9.94. The summed E-state index contributed by atoms with van der Waals surface area (Å²) in [7, 11) is 1.60. The van der Waals surface area contributed by atoms with Gasteiger partial charge in [-0.15, -0.1) is 0 Å². The molecule has 0 saturated heterocycles. The molecule has 3 rings (SSSR count). The van der Waals surface area contributed by atoms with Crippen molar-refractivity contribution < 1.29 is 18.7 Å². The first-order valence-corrected chi connectivity index (χ1v) is 10.5. The number of ether oxygens (including phenoxy) is 1. The van der Waals surface area contributed by atoms with Gasteiger partial charge in [-0.25, -0.2) is 0 Å². The number of hydrogen-bond donors (Lipinski definition) is 1. The lowest BCUT2D eigenvalue weighted by molar-refractivity contribution is -0.138. The summed E-state index contributed by atoms with van der Waals surface area (Å²) in [6, 6.07) is 10.2. The largest absolute Gasteiger partial charge is 0.497 e. The zero-order valence-electron chi connectivity index (χ0n) is 17.7. The SMILES string of the molecule is CC=CC(=O)N(Cc1ccco1)C(C(=O)NC1CCCCC1)c1ccc(OC)cc1. The van der Waals surface area contributed by atoms with Crippen LogP contribution in [0.3, 0.4) is 0 Å². The van der Waals surface area contributed by atoms with E-state index in [1.54, 1.807) is 55.5 Å². The number of hydrogen-bond acceptors (Lipinski definition) is 4. The molecule has 0 aliphatic heterocycles. The second-order valence-electron chi connectivity index (χ2n) is 7.56. The first-order valence-electron chi connectivity index (χ1n) is 10.5. The maximum absolute atomic E-state index is 13.5. The average molecular weight is 411 g/mol. The van der Waals surface area contributed by atoms with Gasteiger partial charge in [0.05, 0.1) is 19.9 Å². The number of allylic oxidation sites excluding steroid dienone is 1. The molecule has 160 valence electrons. The van der Waals surface area contributed by atoms with Crippen LogP contribution in [0.1, 0.15) is 56.4 Å². The van der Waals surface area contributed by atoms with Crippen molar-refractivity contribution in [2.24, 2.45) is 0 Å². The highest BCUT2D eigenvalue weighted by Crippen LogP contribution is 2.27. The van der Waals surface area contributed by atoms with Crippen molar-refractivity contribution in [2.45, 2.75) is 57.7 Å². The lowest BCUT2D eigenvalue weighted by Gasteiger charge is -2.32. The molecule has 0 bridgehead atoms. The maximum Gasteiger partial charge on any atom is 0.247 e. The molecule has 1 atom stereocenters. The van der Waals surface area contributed by atoms with Gasteiger partial charge in [-0.2, -0.15) is 0 Å². The van der Waals surface area contributed by atoms with Crippen LogP contribution in [-0.2, 0) is 16.1 Å². The second kappa shape index (κ2) is 10.7. The monoisotopic (exact) mass is 410 g/mol. The van der Waals surface area contributed by atoms with Crippen molar-refractivity contribution in [3.05, 3.63) is 66.1 Å². The normalized spacial score (nSPS) is 15.7. The van der Waals surface area contributed by atoms with Crippen LogP contribution in [-0.4, -0.2) is 29.9 Å². The van der Waals surface area contributed by atoms with E-state index in [0.717, 1.165) is 31.2 Å². The molecule has 1 saturated carbocycles. The number of benzene rings is 1. The molecule has 1 unspecified atom stereocenters. The Morgan fingerprint density at radius 1 is 1.20 bits per heavy atom.